The highest BCUT2D eigenvalue weighted by atomic mass is 19.1. The van der Waals surface area contributed by atoms with Crippen LogP contribution in [0.5, 0.6) is 5.75 Å². The molecule has 160 valence electrons. The number of aromatic amines is 1. The van der Waals surface area contributed by atoms with E-state index in [2.05, 4.69) is 10.3 Å². The van der Waals surface area contributed by atoms with Gasteiger partial charge < -0.3 is 25.0 Å². The van der Waals surface area contributed by atoms with Gasteiger partial charge in [-0.05, 0) is 42.3 Å². The molecule has 3 aromatic rings. The predicted molar refractivity (Wildman–Crippen MR) is 113 cm³/mol. The number of aliphatic hydroxyl groups excluding tert-OH is 1. The van der Waals surface area contributed by atoms with E-state index >= 15 is 0 Å². The van der Waals surface area contributed by atoms with Crippen LogP contribution in [0.25, 0.3) is 10.9 Å². The molecule has 0 radical (unpaired) electrons. The quantitative estimate of drug-likeness (QED) is 0.604. The third kappa shape index (κ3) is 3.86. The number of likely N-dealkylation sites (tertiary alicyclic amines) is 1. The molecule has 8 heteroatoms. The van der Waals surface area contributed by atoms with E-state index in [1.54, 1.807) is 23.1 Å². The first-order valence-electron chi connectivity index (χ1n) is 10.3. The lowest BCUT2D eigenvalue weighted by Gasteiger charge is -2.36. The Labute approximate surface area is 177 Å². The lowest BCUT2D eigenvalue weighted by atomic mass is 10.0. The number of H-pyrrole nitrogens is 1. The van der Waals surface area contributed by atoms with Crippen LogP contribution < -0.4 is 10.1 Å². The van der Waals surface area contributed by atoms with Crippen LogP contribution >= 0.6 is 0 Å². The SMILES string of the molecule is O=C1CCc2ccc(O[C@@H]3CCN(C(=O)c4cc5cc(F)ccc5[nH]4)C[C@H]3O)cc2N1. The van der Waals surface area contributed by atoms with Crippen LogP contribution in [0.3, 0.4) is 0 Å². The summed E-state index contributed by atoms with van der Waals surface area (Å²) in [4.78, 5) is 29.1. The first kappa shape index (κ1) is 19.6. The Balaban J connectivity index is 1.25. The normalized spacial score (nSPS) is 21.0. The monoisotopic (exact) mass is 423 g/mol. The predicted octanol–water partition coefficient (Wildman–Crippen LogP) is 2.85. The molecule has 0 bridgehead atoms. The lowest BCUT2D eigenvalue weighted by Crippen LogP contribution is -2.51. The van der Waals surface area contributed by atoms with Crippen LogP contribution in [-0.2, 0) is 11.2 Å². The van der Waals surface area contributed by atoms with E-state index in [-0.39, 0.29) is 24.2 Å². The molecule has 1 fully saturated rings. The molecule has 7 nitrogen and oxygen atoms in total. The van der Waals surface area contributed by atoms with E-state index < -0.39 is 12.2 Å². The van der Waals surface area contributed by atoms with E-state index in [1.807, 2.05) is 12.1 Å². The summed E-state index contributed by atoms with van der Waals surface area (Å²) in [6.07, 6.45) is 0.322. The van der Waals surface area contributed by atoms with Crippen molar-refractivity contribution >= 4 is 28.4 Å². The zero-order chi connectivity index (χ0) is 21.5. The summed E-state index contributed by atoms with van der Waals surface area (Å²) < 4.78 is 19.4. The second-order valence-corrected chi connectivity index (χ2v) is 8.05. The van der Waals surface area contributed by atoms with Crippen molar-refractivity contribution in [3.8, 4) is 5.75 Å². The molecule has 0 unspecified atom stereocenters. The topological polar surface area (TPSA) is 94.7 Å². The highest BCUT2D eigenvalue weighted by Crippen LogP contribution is 2.29. The highest BCUT2D eigenvalue weighted by molar-refractivity contribution is 5.98. The van der Waals surface area contributed by atoms with Crippen LogP contribution in [0, 0.1) is 5.82 Å². The summed E-state index contributed by atoms with van der Waals surface area (Å²) >= 11 is 0. The van der Waals surface area contributed by atoms with Crippen molar-refractivity contribution in [3.63, 3.8) is 0 Å². The number of benzene rings is 2. The van der Waals surface area contributed by atoms with Crippen LogP contribution in [0.1, 0.15) is 28.9 Å². The second-order valence-electron chi connectivity index (χ2n) is 8.05. The molecule has 3 heterocycles. The maximum atomic E-state index is 13.4. The van der Waals surface area contributed by atoms with Gasteiger partial charge in [-0.3, -0.25) is 9.59 Å². The van der Waals surface area contributed by atoms with E-state index in [0.717, 1.165) is 11.3 Å². The Morgan fingerprint density at radius 2 is 2.03 bits per heavy atom. The number of nitrogens with zero attached hydrogens (tertiary/aromatic N) is 1. The number of piperidine rings is 1. The van der Waals surface area contributed by atoms with E-state index in [0.29, 0.717) is 48.2 Å². The fourth-order valence-corrected chi connectivity index (χ4v) is 4.22. The molecule has 0 saturated carbocycles. The summed E-state index contributed by atoms with van der Waals surface area (Å²) in [7, 11) is 0. The fourth-order valence-electron chi connectivity index (χ4n) is 4.22. The molecule has 2 aliphatic rings. The van der Waals surface area contributed by atoms with Gasteiger partial charge >= 0.3 is 0 Å². The molecule has 2 aromatic carbocycles. The van der Waals surface area contributed by atoms with Crippen LogP contribution in [0.2, 0.25) is 0 Å². The number of fused-ring (bicyclic) bond motifs is 2. The van der Waals surface area contributed by atoms with E-state index in [1.165, 1.54) is 12.1 Å². The number of carbonyl (C=O) groups is 2. The average Bonchev–Trinajstić information content (AvgIpc) is 3.17. The van der Waals surface area contributed by atoms with Gasteiger partial charge in [-0.15, -0.1) is 0 Å². The molecule has 0 spiro atoms. The van der Waals surface area contributed by atoms with Crippen LogP contribution in [0.4, 0.5) is 10.1 Å². The van der Waals surface area contributed by atoms with Crippen LogP contribution in [-0.4, -0.2) is 52.1 Å². The molecule has 0 aliphatic carbocycles. The number of halogens is 1. The van der Waals surface area contributed by atoms with Crippen LogP contribution in [0.15, 0.2) is 42.5 Å². The molecule has 5 rings (SSSR count). The Kier molecular flexibility index (Phi) is 4.86. The second kappa shape index (κ2) is 7.70. The Bertz CT molecular complexity index is 1170. The maximum Gasteiger partial charge on any atom is 0.270 e. The summed E-state index contributed by atoms with van der Waals surface area (Å²) in [6, 6.07) is 11.5. The molecule has 2 aliphatic heterocycles. The molecule has 2 amide bonds. The van der Waals surface area contributed by atoms with Gasteiger partial charge in [0.15, 0.2) is 0 Å². The number of aromatic nitrogens is 1. The van der Waals surface area contributed by atoms with Crippen molar-refractivity contribution in [1.29, 1.82) is 0 Å². The number of carbonyl (C=O) groups excluding carboxylic acids is 2. The van der Waals surface area contributed by atoms with Gasteiger partial charge in [0.2, 0.25) is 5.91 Å². The number of ether oxygens (including phenoxy) is 1. The molecular weight excluding hydrogens is 401 g/mol. The van der Waals surface area contributed by atoms with Gasteiger partial charge in [0.05, 0.1) is 6.54 Å². The number of aryl methyl sites for hydroxylation is 1. The van der Waals surface area contributed by atoms with Gasteiger partial charge in [0, 0.05) is 42.0 Å². The van der Waals surface area contributed by atoms with Crippen molar-refractivity contribution in [3.05, 3.63) is 59.5 Å². The standard InChI is InChI=1S/C23H22FN3O4/c24-15-3-5-17-14(9-15)10-19(25-17)23(30)27-8-7-21(20(28)12-27)31-16-4-1-13-2-6-22(29)26-18(13)11-16/h1,3-5,9-11,20-21,25,28H,2,6-8,12H2,(H,26,29)/t20-,21-/m1/s1. The number of β-amino-alcohol motifs (C(OH)–C–C–N with tert-alkyl or cyclic N) is 1. The van der Waals surface area contributed by atoms with Gasteiger partial charge in [-0.2, -0.15) is 0 Å². The van der Waals surface area contributed by atoms with Gasteiger partial charge in [0.25, 0.3) is 5.91 Å². The number of anilines is 1. The van der Waals surface area contributed by atoms with Crippen molar-refractivity contribution < 1.29 is 23.8 Å². The van der Waals surface area contributed by atoms with E-state index in [9.17, 15) is 19.1 Å². The third-order valence-corrected chi connectivity index (χ3v) is 5.88. The van der Waals surface area contributed by atoms with Gasteiger partial charge in [-0.25, -0.2) is 4.39 Å². The number of rotatable bonds is 3. The molecule has 1 saturated heterocycles. The van der Waals surface area contributed by atoms with Crippen molar-refractivity contribution in [2.24, 2.45) is 0 Å². The summed E-state index contributed by atoms with van der Waals surface area (Å²) in [5.74, 6) is -0.0510. The average molecular weight is 423 g/mol. The minimum Gasteiger partial charge on any atom is -0.488 e. The summed E-state index contributed by atoms with van der Waals surface area (Å²) in [6.45, 7) is 0.556. The largest absolute Gasteiger partial charge is 0.488 e. The smallest absolute Gasteiger partial charge is 0.270 e. The number of hydrogen-bond donors (Lipinski definition) is 3. The number of aliphatic hydroxyl groups is 1. The summed E-state index contributed by atoms with van der Waals surface area (Å²) in [5, 5.41) is 14.1. The zero-order valence-corrected chi connectivity index (χ0v) is 16.7. The molecule has 2 atom stereocenters. The zero-order valence-electron chi connectivity index (χ0n) is 16.7. The number of amides is 2. The minimum absolute atomic E-state index is 0.0174. The van der Waals surface area contributed by atoms with Crippen molar-refractivity contribution in [1.82, 2.24) is 9.88 Å². The Morgan fingerprint density at radius 3 is 2.87 bits per heavy atom. The molecule has 31 heavy (non-hydrogen) atoms. The molecule has 3 N–H and O–H groups in total. The Hall–Kier alpha value is -3.39. The van der Waals surface area contributed by atoms with Crippen molar-refractivity contribution in [2.75, 3.05) is 18.4 Å². The van der Waals surface area contributed by atoms with Gasteiger partial charge in [-0.1, -0.05) is 6.07 Å². The third-order valence-electron chi connectivity index (χ3n) is 5.88. The fraction of sp³-hybridized carbons (Fsp3) is 0.304. The lowest BCUT2D eigenvalue weighted by molar-refractivity contribution is -0.116. The molecule has 1 aromatic heterocycles. The van der Waals surface area contributed by atoms with Crippen molar-refractivity contribution in [2.45, 2.75) is 31.5 Å². The minimum atomic E-state index is -0.856. The Morgan fingerprint density at radius 1 is 1.16 bits per heavy atom. The van der Waals surface area contributed by atoms with Gasteiger partial charge in [0.1, 0.15) is 29.5 Å². The maximum absolute atomic E-state index is 13.4. The number of hydrogen-bond acceptors (Lipinski definition) is 4. The first-order valence-corrected chi connectivity index (χ1v) is 10.3. The molecular formula is C23H22FN3O4. The first-order chi connectivity index (χ1) is 15.0. The summed E-state index contributed by atoms with van der Waals surface area (Å²) in [5.41, 5.74) is 2.85. The number of nitrogens with one attached hydrogen (secondary N) is 2. The highest BCUT2D eigenvalue weighted by Gasteiger charge is 2.32. The van der Waals surface area contributed by atoms with E-state index in [4.69, 9.17) is 4.74 Å².